The maximum Gasteiger partial charge on any atom is 0.267 e. The molecule has 0 fully saturated rings. The number of alkyl halides is 2. The van der Waals surface area contributed by atoms with Gasteiger partial charge in [-0.3, -0.25) is 9.20 Å². The number of halogens is 3. The molecular weight excluding hydrogens is 523 g/mol. The Morgan fingerprint density at radius 1 is 1.10 bits per heavy atom. The number of nitrogens with zero attached hydrogens (tertiary/aromatic N) is 3. The summed E-state index contributed by atoms with van der Waals surface area (Å²) in [5.74, 6) is 0.402. The van der Waals surface area contributed by atoms with E-state index in [1.807, 2.05) is 0 Å². The molecule has 0 aliphatic rings. The highest BCUT2D eigenvalue weighted by molar-refractivity contribution is 6.07. The number of ether oxygens (including phenoxy) is 1. The molecule has 0 aliphatic carbocycles. The van der Waals surface area contributed by atoms with Gasteiger partial charge in [0, 0.05) is 22.7 Å². The first-order valence-electron chi connectivity index (χ1n) is 12.6. The number of carbonyl (C=O) groups is 1. The zero-order chi connectivity index (χ0) is 28.9. The summed E-state index contributed by atoms with van der Waals surface area (Å²) in [6, 6.07) is 9.58. The van der Waals surface area contributed by atoms with Crippen molar-refractivity contribution in [3.8, 4) is 22.6 Å². The summed E-state index contributed by atoms with van der Waals surface area (Å²) in [4.78, 5) is 15.7. The van der Waals surface area contributed by atoms with Crippen molar-refractivity contribution < 1.29 is 27.8 Å². The van der Waals surface area contributed by atoms with Crippen LogP contribution in [0.1, 0.15) is 46.9 Å². The molecule has 1 amide bonds. The van der Waals surface area contributed by atoms with E-state index in [2.05, 4.69) is 20.5 Å². The van der Waals surface area contributed by atoms with Crippen molar-refractivity contribution in [2.24, 2.45) is 0 Å². The van der Waals surface area contributed by atoms with Gasteiger partial charge in [0.1, 0.15) is 28.8 Å². The number of rotatable bonds is 7. The van der Waals surface area contributed by atoms with Gasteiger partial charge in [0.25, 0.3) is 12.3 Å². The van der Waals surface area contributed by atoms with Crippen molar-refractivity contribution in [1.29, 1.82) is 0 Å². The summed E-state index contributed by atoms with van der Waals surface area (Å²) in [6.45, 7) is 7.79. The molecule has 0 radical (unpaired) electrons. The molecule has 0 unspecified atom stereocenters. The zero-order valence-corrected chi connectivity index (χ0v) is 22.6. The normalized spacial score (nSPS) is 12.1. The zero-order valence-electron chi connectivity index (χ0n) is 22.6. The maximum atomic E-state index is 14.0. The lowest BCUT2D eigenvalue weighted by molar-refractivity contribution is 0.0786. The fraction of sp³-hybridized carbons (Fsp3) is 0.276. The molecule has 3 aromatic heterocycles. The third-order valence-corrected chi connectivity index (χ3v) is 6.73. The number of aryl methyl sites for hydroxylation is 3. The van der Waals surface area contributed by atoms with E-state index in [1.165, 1.54) is 12.1 Å². The van der Waals surface area contributed by atoms with Gasteiger partial charge in [-0.15, -0.1) is 10.2 Å². The van der Waals surface area contributed by atoms with E-state index in [0.717, 1.165) is 0 Å². The van der Waals surface area contributed by atoms with Crippen LogP contribution in [-0.2, 0) is 5.60 Å². The minimum absolute atomic E-state index is 0.0667. The van der Waals surface area contributed by atoms with Crippen molar-refractivity contribution in [2.75, 3.05) is 6.54 Å². The monoisotopic (exact) mass is 551 g/mol. The molecule has 0 spiro atoms. The number of H-pyrrole nitrogens is 1. The topological polar surface area (TPSA) is 105 Å². The molecule has 0 saturated heterocycles. The summed E-state index contributed by atoms with van der Waals surface area (Å²) < 4.78 is 47.6. The molecule has 8 nitrogen and oxygen atoms in total. The van der Waals surface area contributed by atoms with Crippen molar-refractivity contribution in [1.82, 2.24) is 24.9 Å². The number of carbonyl (C=O) groups excluding carboxylic acids is 1. The van der Waals surface area contributed by atoms with Crippen LogP contribution in [0.2, 0.25) is 0 Å². The molecule has 5 rings (SSSR count). The lowest BCUT2D eigenvalue weighted by Gasteiger charge is -2.22. The van der Waals surface area contributed by atoms with Crippen molar-refractivity contribution in [3.63, 3.8) is 0 Å². The molecule has 11 heteroatoms. The molecule has 3 heterocycles. The van der Waals surface area contributed by atoms with E-state index in [0.29, 0.717) is 61.7 Å². The average Bonchev–Trinajstić information content (AvgIpc) is 3.48. The number of aromatic amines is 1. The molecule has 2 aromatic carbocycles. The second kappa shape index (κ2) is 9.98. The molecule has 0 bridgehead atoms. The Morgan fingerprint density at radius 2 is 1.80 bits per heavy atom. The van der Waals surface area contributed by atoms with Gasteiger partial charge in [-0.25, -0.2) is 13.2 Å². The Labute approximate surface area is 227 Å². The minimum Gasteiger partial charge on any atom is -0.456 e. The number of benzene rings is 2. The summed E-state index contributed by atoms with van der Waals surface area (Å²) in [5.41, 5.74) is 2.76. The number of aromatic nitrogens is 4. The SMILES string of the molecule is Cc1cc(F)cc(C)c1Oc1ccc(C(C)(C)O)cc1-c1cn2c(C)nnc2c2[nH]c(C(=O)NCC(F)F)cc12. The predicted octanol–water partition coefficient (Wildman–Crippen LogP) is 5.96. The highest BCUT2D eigenvalue weighted by Crippen LogP contribution is 2.42. The van der Waals surface area contributed by atoms with E-state index in [1.54, 1.807) is 69.5 Å². The number of amides is 1. The van der Waals surface area contributed by atoms with E-state index in [9.17, 15) is 23.1 Å². The van der Waals surface area contributed by atoms with Crippen molar-refractivity contribution in [3.05, 3.63) is 76.6 Å². The van der Waals surface area contributed by atoms with E-state index < -0.39 is 24.5 Å². The number of pyridine rings is 1. The lowest BCUT2D eigenvalue weighted by atomic mass is 9.93. The van der Waals surface area contributed by atoms with Gasteiger partial charge in [-0.1, -0.05) is 6.07 Å². The molecule has 5 aromatic rings. The predicted molar refractivity (Wildman–Crippen MR) is 145 cm³/mol. The Bertz CT molecular complexity index is 1750. The summed E-state index contributed by atoms with van der Waals surface area (Å²) in [7, 11) is 0. The summed E-state index contributed by atoms with van der Waals surface area (Å²) in [5, 5.41) is 22.0. The lowest BCUT2D eigenvalue weighted by Crippen LogP contribution is -2.28. The van der Waals surface area contributed by atoms with Gasteiger partial charge >= 0.3 is 0 Å². The van der Waals surface area contributed by atoms with Gasteiger partial charge in [-0.2, -0.15) is 0 Å². The molecular formula is C29H28F3N5O3. The number of aliphatic hydroxyl groups is 1. The molecule has 208 valence electrons. The van der Waals surface area contributed by atoms with Crippen LogP contribution in [0.25, 0.3) is 27.7 Å². The Hall–Kier alpha value is -4.38. The molecule has 0 aliphatic heterocycles. The highest BCUT2D eigenvalue weighted by atomic mass is 19.3. The van der Waals surface area contributed by atoms with Gasteiger partial charge in [-0.05, 0) is 81.6 Å². The highest BCUT2D eigenvalue weighted by Gasteiger charge is 2.24. The van der Waals surface area contributed by atoms with E-state index in [4.69, 9.17) is 4.74 Å². The Kier molecular flexibility index (Phi) is 6.79. The van der Waals surface area contributed by atoms with E-state index in [-0.39, 0.29) is 11.5 Å². The number of nitrogens with one attached hydrogen (secondary N) is 2. The summed E-state index contributed by atoms with van der Waals surface area (Å²) in [6.07, 6.45) is -0.903. The smallest absolute Gasteiger partial charge is 0.267 e. The third-order valence-electron chi connectivity index (χ3n) is 6.73. The molecule has 40 heavy (non-hydrogen) atoms. The minimum atomic E-state index is -2.70. The second-order valence-corrected chi connectivity index (χ2v) is 10.3. The number of hydrogen-bond acceptors (Lipinski definition) is 5. The van der Waals surface area contributed by atoms with Crippen molar-refractivity contribution in [2.45, 2.75) is 46.6 Å². The molecule has 3 N–H and O–H groups in total. The molecule has 0 atom stereocenters. The maximum absolute atomic E-state index is 14.0. The van der Waals surface area contributed by atoms with Gasteiger partial charge in [0.15, 0.2) is 5.65 Å². The largest absolute Gasteiger partial charge is 0.456 e. The Morgan fingerprint density at radius 3 is 2.45 bits per heavy atom. The van der Waals surface area contributed by atoms with Crippen LogP contribution >= 0.6 is 0 Å². The van der Waals surface area contributed by atoms with Crippen LogP contribution in [0.4, 0.5) is 13.2 Å². The quantitative estimate of drug-likeness (QED) is 0.232. The third kappa shape index (κ3) is 5.00. The van der Waals surface area contributed by atoms with Crippen molar-refractivity contribution >= 4 is 22.5 Å². The van der Waals surface area contributed by atoms with Gasteiger partial charge < -0.3 is 20.1 Å². The van der Waals surface area contributed by atoms with Crippen LogP contribution in [0, 0.1) is 26.6 Å². The first-order chi connectivity index (χ1) is 18.8. The van der Waals surface area contributed by atoms with Gasteiger partial charge in [0.2, 0.25) is 0 Å². The Balaban J connectivity index is 1.77. The van der Waals surface area contributed by atoms with Crippen LogP contribution in [-0.4, -0.2) is 43.6 Å². The van der Waals surface area contributed by atoms with E-state index >= 15 is 0 Å². The first-order valence-corrected chi connectivity index (χ1v) is 12.6. The van der Waals surface area contributed by atoms with Crippen LogP contribution in [0.5, 0.6) is 11.5 Å². The van der Waals surface area contributed by atoms with Crippen LogP contribution in [0.3, 0.4) is 0 Å². The summed E-state index contributed by atoms with van der Waals surface area (Å²) >= 11 is 0. The fourth-order valence-corrected chi connectivity index (χ4v) is 4.72. The standard InChI is InChI=1S/C29H28F3N5O3/c1-14-8-18(30)9-15(2)26(14)40-23-7-6-17(29(4,5)39)10-19(23)21-13-37-16(3)35-36-27(37)25-20(21)11-22(34-25)28(38)33-12-24(31)32/h6-11,13,24,34,39H,12H2,1-5H3,(H,33,38). The average molecular weight is 552 g/mol. The molecule has 0 saturated carbocycles. The number of fused-ring (bicyclic) bond motifs is 3. The van der Waals surface area contributed by atoms with Crippen LogP contribution in [0.15, 0.2) is 42.6 Å². The number of hydrogen-bond donors (Lipinski definition) is 3. The van der Waals surface area contributed by atoms with Crippen LogP contribution < -0.4 is 10.1 Å². The second-order valence-electron chi connectivity index (χ2n) is 10.3. The van der Waals surface area contributed by atoms with Gasteiger partial charge in [0.05, 0.1) is 17.7 Å². The fourth-order valence-electron chi connectivity index (χ4n) is 4.72. The first kappa shape index (κ1) is 27.2.